The van der Waals surface area contributed by atoms with Gasteiger partial charge in [0.2, 0.25) is 0 Å². The number of hydrogen-bond donors (Lipinski definition) is 3. The summed E-state index contributed by atoms with van der Waals surface area (Å²) in [6.07, 6.45) is 15.9. The summed E-state index contributed by atoms with van der Waals surface area (Å²) in [5, 5.41) is 26.2. The lowest BCUT2D eigenvalue weighted by atomic mass is 10.0. The Balaban J connectivity index is 3.93. The van der Waals surface area contributed by atoms with E-state index < -0.39 is 12.1 Å². The third kappa shape index (κ3) is 14.1. The van der Waals surface area contributed by atoms with E-state index in [1.54, 1.807) is 24.3 Å². The van der Waals surface area contributed by atoms with E-state index in [4.69, 9.17) is 15.6 Å². The van der Waals surface area contributed by atoms with Crippen LogP contribution in [0, 0.1) is 0 Å². The second kappa shape index (κ2) is 16.4. The molecular weight excluding hydrogens is 312 g/mol. The van der Waals surface area contributed by atoms with Crippen molar-refractivity contribution in [2.75, 3.05) is 0 Å². The molecule has 6 heteroatoms. The first-order valence-corrected chi connectivity index (χ1v) is 8.48. The van der Waals surface area contributed by atoms with Crippen LogP contribution in [0.15, 0.2) is 36.5 Å². The molecule has 24 heavy (non-hydrogen) atoms. The highest BCUT2D eigenvalue weighted by Gasteiger charge is 2.10. The fraction of sp³-hybridized carbons (Fsp3) is 0.611. The van der Waals surface area contributed by atoms with E-state index >= 15 is 0 Å². The lowest BCUT2D eigenvalue weighted by Crippen LogP contribution is -2.12. The van der Waals surface area contributed by atoms with Gasteiger partial charge in [-0.1, -0.05) is 69.4 Å². The van der Waals surface area contributed by atoms with Crippen molar-refractivity contribution in [2.45, 2.75) is 70.5 Å². The Morgan fingerprint density at radius 1 is 0.917 bits per heavy atom. The third-order valence-electron chi connectivity index (χ3n) is 3.58. The Hall–Kier alpha value is -1.47. The van der Waals surface area contributed by atoms with Gasteiger partial charge in [0.05, 0.1) is 6.10 Å². The number of unbranched alkanes of at least 4 members (excludes halogenated alkanes) is 3. The first-order valence-electron chi connectivity index (χ1n) is 8.48. The lowest BCUT2D eigenvalue weighted by Gasteiger charge is -2.13. The van der Waals surface area contributed by atoms with Crippen LogP contribution in [-0.4, -0.2) is 33.8 Å². The quantitative estimate of drug-likeness (QED) is 0.132. The number of carbonyl (C=O) groups is 1. The molecule has 0 aliphatic carbocycles. The second-order valence-corrected chi connectivity index (χ2v) is 5.62. The minimum Gasteiger partial charge on any atom is -0.478 e. The van der Waals surface area contributed by atoms with Crippen LogP contribution in [0.2, 0.25) is 0 Å². The average Bonchev–Trinajstić information content (AvgIpc) is 2.57. The standard InChI is InChI=1S/C18H30O6/c1-2-3-6-11-16(23-21)13-9-10-14-17(24-22)12-7-4-5-8-15-18(19)20/h4-5,7-8,12,15-17,21-22H,2-3,6,9-11,13-14H2,1H3,(H,19,20). The van der Waals surface area contributed by atoms with Crippen molar-refractivity contribution in [1.29, 1.82) is 0 Å². The molecule has 0 bridgehead atoms. The molecule has 0 saturated carbocycles. The molecule has 0 spiro atoms. The zero-order valence-electron chi connectivity index (χ0n) is 14.3. The Labute approximate surface area is 144 Å². The summed E-state index contributed by atoms with van der Waals surface area (Å²) in [5.41, 5.74) is 0. The van der Waals surface area contributed by atoms with Crippen LogP contribution < -0.4 is 0 Å². The zero-order valence-corrected chi connectivity index (χ0v) is 14.3. The number of aliphatic carboxylic acids is 1. The van der Waals surface area contributed by atoms with Gasteiger partial charge in [0.15, 0.2) is 0 Å². The van der Waals surface area contributed by atoms with E-state index in [-0.39, 0.29) is 6.10 Å². The first-order chi connectivity index (χ1) is 11.6. The summed E-state index contributed by atoms with van der Waals surface area (Å²) in [5.74, 6) is -1.000. The Morgan fingerprint density at radius 2 is 1.54 bits per heavy atom. The molecule has 0 aromatic heterocycles. The summed E-state index contributed by atoms with van der Waals surface area (Å²) >= 11 is 0. The minimum atomic E-state index is -1.000. The van der Waals surface area contributed by atoms with Crippen LogP contribution in [-0.2, 0) is 14.6 Å². The van der Waals surface area contributed by atoms with Crippen molar-refractivity contribution in [1.82, 2.24) is 0 Å². The number of allylic oxidation sites excluding steroid dienone is 4. The van der Waals surface area contributed by atoms with Gasteiger partial charge in [0.25, 0.3) is 0 Å². The predicted octanol–water partition coefficient (Wildman–Crippen LogP) is 4.60. The molecule has 0 aliphatic rings. The fourth-order valence-corrected chi connectivity index (χ4v) is 2.23. The van der Waals surface area contributed by atoms with Crippen LogP contribution in [0.4, 0.5) is 0 Å². The van der Waals surface area contributed by atoms with Crippen LogP contribution in [0.5, 0.6) is 0 Å². The molecule has 0 aliphatic heterocycles. The Bertz CT molecular complexity index is 389. The molecule has 2 atom stereocenters. The van der Waals surface area contributed by atoms with E-state index in [0.717, 1.165) is 51.0 Å². The molecule has 0 radical (unpaired) electrons. The number of carboxylic acids is 1. The largest absolute Gasteiger partial charge is 0.478 e. The van der Waals surface area contributed by atoms with Gasteiger partial charge >= 0.3 is 5.97 Å². The monoisotopic (exact) mass is 342 g/mol. The van der Waals surface area contributed by atoms with Crippen molar-refractivity contribution in [3.63, 3.8) is 0 Å². The maximum Gasteiger partial charge on any atom is 0.328 e. The third-order valence-corrected chi connectivity index (χ3v) is 3.58. The molecule has 138 valence electrons. The van der Waals surface area contributed by atoms with Gasteiger partial charge in [-0.05, 0) is 19.3 Å². The molecule has 0 fully saturated rings. The lowest BCUT2D eigenvalue weighted by molar-refractivity contribution is -0.281. The molecule has 0 aromatic rings. The molecule has 2 unspecified atom stereocenters. The summed E-state index contributed by atoms with van der Waals surface area (Å²) < 4.78 is 0. The number of rotatable bonds is 15. The van der Waals surface area contributed by atoms with Crippen molar-refractivity contribution >= 4 is 5.97 Å². The van der Waals surface area contributed by atoms with Crippen LogP contribution >= 0.6 is 0 Å². The van der Waals surface area contributed by atoms with Gasteiger partial charge in [0.1, 0.15) is 6.10 Å². The molecule has 0 amide bonds. The molecule has 6 nitrogen and oxygen atoms in total. The Morgan fingerprint density at radius 3 is 2.12 bits per heavy atom. The molecule has 0 rings (SSSR count). The highest BCUT2D eigenvalue weighted by atomic mass is 17.1. The van der Waals surface area contributed by atoms with Crippen molar-refractivity contribution < 1.29 is 30.2 Å². The van der Waals surface area contributed by atoms with Crippen LogP contribution in [0.1, 0.15) is 58.3 Å². The van der Waals surface area contributed by atoms with Gasteiger partial charge < -0.3 is 5.11 Å². The minimum absolute atomic E-state index is 0.121. The van der Waals surface area contributed by atoms with Gasteiger partial charge in [-0.15, -0.1) is 0 Å². The van der Waals surface area contributed by atoms with E-state index in [9.17, 15) is 4.79 Å². The van der Waals surface area contributed by atoms with Crippen LogP contribution in [0.3, 0.4) is 0 Å². The number of carboxylic acid groups (broad SMARTS) is 1. The van der Waals surface area contributed by atoms with Gasteiger partial charge in [0, 0.05) is 6.08 Å². The maximum atomic E-state index is 10.3. The summed E-state index contributed by atoms with van der Waals surface area (Å²) in [6.45, 7) is 2.13. The first kappa shape index (κ1) is 22.5. The maximum absolute atomic E-state index is 10.3. The second-order valence-electron chi connectivity index (χ2n) is 5.62. The smallest absolute Gasteiger partial charge is 0.328 e. The SMILES string of the molecule is CCCCCC(CCCCC(C=CC=CC=CC(=O)O)OO)OO. The van der Waals surface area contributed by atoms with Gasteiger partial charge in [-0.3, -0.25) is 10.5 Å². The summed E-state index contributed by atoms with van der Waals surface area (Å²) in [4.78, 5) is 19.2. The predicted molar refractivity (Wildman–Crippen MR) is 92.7 cm³/mol. The number of hydrogen-bond acceptors (Lipinski definition) is 5. The normalized spacial score (nSPS) is 14.8. The van der Waals surface area contributed by atoms with Crippen LogP contribution in [0.25, 0.3) is 0 Å². The van der Waals surface area contributed by atoms with E-state index in [2.05, 4.69) is 16.7 Å². The van der Waals surface area contributed by atoms with E-state index in [1.165, 1.54) is 6.08 Å². The topological polar surface area (TPSA) is 96.2 Å². The van der Waals surface area contributed by atoms with E-state index in [1.807, 2.05) is 0 Å². The van der Waals surface area contributed by atoms with Gasteiger partial charge in [-0.25, -0.2) is 14.6 Å². The molecular formula is C18H30O6. The fourth-order valence-electron chi connectivity index (χ4n) is 2.23. The summed E-state index contributed by atoms with van der Waals surface area (Å²) in [7, 11) is 0. The van der Waals surface area contributed by atoms with Crippen molar-refractivity contribution in [3.8, 4) is 0 Å². The van der Waals surface area contributed by atoms with E-state index in [0.29, 0.717) is 6.42 Å². The van der Waals surface area contributed by atoms with Gasteiger partial charge in [-0.2, -0.15) is 0 Å². The van der Waals surface area contributed by atoms with Crippen molar-refractivity contribution in [3.05, 3.63) is 36.5 Å². The summed E-state index contributed by atoms with van der Waals surface area (Å²) in [6, 6.07) is 0. The van der Waals surface area contributed by atoms with Crippen molar-refractivity contribution in [2.24, 2.45) is 0 Å². The highest BCUT2D eigenvalue weighted by molar-refractivity contribution is 5.80. The zero-order chi connectivity index (χ0) is 18.0. The average molecular weight is 342 g/mol. The Kier molecular flexibility index (Phi) is 15.4. The molecule has 0 heterocycles. The molecule has 3 N–H and O–H groups in total. The molecule has 0 saturated heterocycles. The highest BCUT2D eigenvalue weighted by Crippen LogP contribution is 2.15. The molecule has 0 aromatic carbocycles.